The average Bonchev–Trinajstić information content (AvgIpc) is 0.686. The van der Waals surface area contributed by atoms with E-state index >= 15 is 0 Å². The Morgan fingerprint density at radius 2 is 0.574 bits per heavy atom. The Kier molecular flexibility index (Phi) is 24.7. The lowest BCUT2D eigenvalue weighted by molar-refractivity contribution is -0.661. The van der Waals surface area contributed by atoms with E-state index in [0.717, 1.165) is 0 Å². The lowest BCUT2D eigenvalue weighted by atomic mass is 9.62. The van der Waals surface area contributed by atoms with Gasteiger partial charge in [0.05, 0.1) is 0 Å². The van der Waals surface area contributed by atoms with E-state index in [1.807, 2.05) is 0 Å². The SMILES string of the molecule is Cc1ccccc1-c1c2c(cc[n+]1C)C1(CCCCC1)CCC2.Cc1ccccc1-c1c2c(cc[n+]1C)CC1(CCCCC1)CC2.Cc1ccccc1-c1cc2c(c[n+]1C)CC1(CCCCC1)CC2.Cc1ccccc1-c1cc2c(c[n+]1C)CCC1(CCCCC1)C2.Cc1ccccc1-c1cc2c(c[n+]1C)CCCC21CCCCC1. The van der Waals surface area contributed by atoms with Crippen molar-refractivity contribution in [2.24, 2.45) is 51.5 Å². The summed E-state index contributed by atoms with van der Waals surface area (Å²) in [5.41, 5.74) is 39.9. The van der Waals surface area contributed by atoms with Crippen molar-refractivity contribution in [3.8, 4) is 56.3 Å². The van der Waals surface area contributed by atoms with Crippen LogP contribution >= 0.6 is 0 Å². The summed E-state index contributed by atoms with van der Waals surface area (Å²) >= 11 is 0. The first-order valence-electron chi connectivity index (χ1n) is 46.3. The topological polar surface area (TPSA) is 19.4 Å². The molecule has 5 fully saturated rings. The molecule has 0 bridgehead atoms. The normalized spacial score (nSPS) is 19.6. The molecule has 5 aromatic heterocycles. The number of nitrogens with zero attached hydrogens (tertiary/aromatic N) is 5. The van der Waals surface area contributed by atoms with Gasteiger partial charge in [0.25, 0.3) is 0 Å². The summed E-state index contributed by atoms with van der Waals surface area (Å²) in [7, 11) is 11.0. The maximum absolute atomic E-state index is 2.54. The molecule has 10 aromatic rings. The summed E-state index contributed by atoms with van der Waals surface area (Å²) in [6, 6.07) is 56.4. The third-order valence-corrected chi connectivity index (χ3v) is 31.4. The van der Waals surface area contributed by atoms with E-state index in [1.54, 1.807) is 55.6 Å². The molecule has 10 aliphatic rings. The Morgan fingerprint density at radius 3 is 1.04 bits per heavy atom. The fourth-order valence-electron chi connectivity index (χ4n) is 24.9. The van der Waals surface area contributed by atoms with Gasteiger partial charge in [-0.05, 0) is 308 Å². The van der Waals surface area contributed by atoms with E-state index in [2.05, 4.69) is 275 Å². The molecule has 0 radical (unpaired) electrons. The molecule has 0 saturated heterocycles. The third-order valence-electron chi connectivity index (χ3n) is 31.4. The van der Waals surface area contributed by atoms with Gasteiger partial charge in [-0.25, -0.2) is 22.8 Å². The van der Waals surface area contributed by atoms with Gasteiger partial charge in [-0.1, -0.05) is 187 Å². The molecule has 5 nitrogen and oxygen atoms in total. The minimum atomic E-state index is 0.484. The molecule has 5 heterocycles. The molecular formula is C110H140N5+5. The first-order chi connectivity index (χ1) is 55.9. The highest BCUT2D eigenvalue weighted by atomic mass is 14.9. The standard InChI is InChI=1S/5C22H28N/c1-17-9-4-5-11-19(17)21-15-20-18(16-23(21)2)10-8-14-22(20)12-6-3-7-13-22;1-17-9-4-5-10-18(17)21-19-11-8-15-22(13-6-3-7-14-22)20(19)12-16-23(21)2;1-17-8-4-5-9-19(17)21-20-10-14-22(12-6-3-7-13-22)16-18(20)11-15-23(21)2;1-17-8-4-5-9-20(17)21-14-19-15-22(11-6-3-7-12-22)13-10-18(19)16-23(21)2;1-17-8-4-5-9-20(17)21-14-18-10-13-22(11-6-3-7-12-22)15-19(18)16-23(21)2/h4-5,9,11,15-16H,3,6-8,10,12-14H2,1-2H3;4-5,9-10,12,16H,3,6-8,11,13-15H2,1-2H3;4-5,8-9,11,15H,3,6-7,10,12-14,16H2,1-2H3;2*4-5,8-9,14,16H,3,6-7,10-13,15H2,1-2H3/q5*+1. The van der Waals surface area contributed by atoms with Crippen molar-refractivity contribution in [2.45, 2.75) is 302 Å². The van der Waals surface area contributed by atoms with Crippen molar-refractivity contribution in [3.63, 3.8) is 0 Å². The van der Waals surface area contributed by atoms with Crippen LogP contribution in [-0.2, 0) is 97.4 Å². The number of rotatable bonds is 5. The minimum Gasteiger partial charge on any atom is -0.201 e. The van der Waals surface area contributed by atoms with Gasteiger partial charge in [-0.2, -0.15) is 0 Å². The van der Waals surface area contributed by atoms with Gasteiger partial charge in [0.2, 0.25) is 28.5 Å². The van der Waals surface area contributed by atoms with Crippen molar-refractivity contribution in [2.75, 3.05) is 0 Å². The Labute approximate surface area is 694 Å². The van der Waals surface area contributed by atoms with Crippen LogP contribution in [0.2, 0.25) is 0 Å². The number of hydrogen-bond donors (Lipinski definition) is 0. The molecule has 0 unspecified atom stereocenters. The fourth-order valence-corrected chi connectivity index (χ4v) is 24.9. The molecule has 5 heteroatoms. The highest BCUT2D eigenvalue weighted by Crippen LogP contribution is 2.53. The Balaban J connectivity index is 0.000000108. The lowest BCUT2D eigenvalue weighted by Crippen LogP contribution is -2.39. The minimum absolute atomic E-state index is 0.484. The van der Waals surface area contributed by atoms with Crippen molar-refractivity contribution in [1.82, 2.24) is 0 Å². The van der Waals surface area contributed by atoms with E-state index in [-0.39, 0.29) is 0 Å². The summed E-state index contributed by atoms with van der Waals surface area (Å²) in [6.07, 6.45) is 67.7. The second-order valence-electron chi connectivity index (χ2n) is 39.0. The molecule has 0 atom stereocenters. The first kappa shape index (κ1) is 80.6. The van der Waals surface area contributed by atoms with E-state index in [1.165, 1.54) is 341 Å². The van der Waals surface area contributed by atoms with E-state index in [0.29, 0.717) is 27.1 Å². The van der Waals surface area contributed by atoms with Crippen LogP contribution in [0.1, 0.15) is 289 Å². The Bertz CT molecular complexity index is 5050. The van der Waals surface area contributed by atoms with Gasteiger partial charge in [0, 0.05) is 86.0 Å². The van der Waals surface area contributed by atoms with Crippen LogP contribution in [-0.4, -0.2) is 0 Å². The maximum Gasteiger partial charge on any atom is 0.216 e. The van der Waals surface area contributed by atoms with Crippen LogP contribution < -0.4 is 22.8 Å². The maximum atomic E-state index is 2.54. The van der Waals surface area contributed by atoms with Crippen LogP contribution in [0.15, 0.2) is 183 Å². The first-order valence-corrected chi connectivity index (χ1v) is 46.3. The molecule has 5 aromatic carbocycles. The predicted molar refractivity (Wildman–Crippen MR) is 477 cm³/mol. The van der Waals surface area contributed by atoms with Crippen molar-refractivity contribution < 1.29 is 22.8 Å². The van der Waals surface area contributed by atoms with Gasteiger partial charge in [0.15, 0.2) is 31.0 Å². The van der Waals surface area contributed by atoms with Crippen LogP contribution in [0.4, 0.5) is 0 Å². The van der Waals surface area contributed by atoms with E-state index in [4.69, 9.17) is 0 Å². The van der Waals surface area contributed by atoms with Crippen molar-refractivity contribution in [3.05, 3.63) is 266 Å². The highest BCUT2D eigenvalue weighted by molar-refractivity contribution is 5.69. The second kappa shape index (κ2) is 35.2. The fraction of sp³-hybridized carbons (Fsp3) is 0.500. The number of benzene rings is 5. The second-order valence-corrected chi connectivity index (χ2v) is 39.0. The number of pyridine rings is 5. The molecule has 0 amide bonds. The molecule has 5 saturated carbocycles. The van der Waals surface area contributed by atoms with Crippen molar-refractivity contribution >= 4 is 0 Å². The quantitative estimate of drug-likeness (QED) is 0.153. The van der Waals surface area contributed by atoms with Crippen molar-refractivity contribution in [1.29, 1.82) is 0 Å². The lowest BCUT2D eigenvalue weighted by Gasteiger charge is -2.42. The Hall–Kier alpha value is -8.15. The molecule has 0 N–H and O–H groups in total. The summed E-state index contributed by atoms with van der Waals surface area (Å²) in [6.45, 7) is 11.1. The van der Waals surface area contributed by atoms with Gasteiger partial charge in [-0.15, -0.1) is 0 Å². The molecular weight excluding hydrogens is 1390 g/mol. The van der Waals surface area contributed by atoms with Crippen LogP contribution in [0.3, 0.4) is 0 Å². The average molecular weight is 1530 g/mol. The molecule has 600 valence electrons. The number of aromatic nitrogens is 5. The third kappa shape index (κ3) is 17.2. The number of aryl methyl sites for hydroxylation is 13. The zero-order chi connectivity index (χ0) is 79.3. The smallest absolute Gasteiger partial charge is 0.201 e. The molecule has 0 aliphatic heterocycles. The van der Waals surface area contributed by atoms with Gasteiger partial charge in [-0.3, -0.25) is 0 Å². The van der Waals surface area contributed by atoms with Gasteiger partial charge in [0.1, 0.15) is 35.2 Å². The van der Waals surface area contributed by atoms with Gasteiger partial charge >= 0.3 is 0 Å². The summed E-state index contributed by atoms with van der Waals surface area (Å²) in [5, 5.41) is 0. The zero-order valence-electron chi connectivity index (χ0n) is 72.8. The predicted octanol–water partition coefficient (Wildman–Crippen LogP) is 24.8. The summed E-state index contributed by atoms with van der Waals surface area (Å²) < 4.78 is 11.7. The molecule has 20 rings (SSSR count). The van der Waals surface area contributed by atoms with Crippen LogP contribution in [0.5, 0.6) is 0 Å². The number of fused-ring (bicyclic) bond motifs is 7. The summed E-state index contributed by atoms with van der Waals surface area (Å²) in [5.74, 6) is 0. The zero-order valence-corrected chi connectivity index (χ0v) is 72.8. The molecule has 115 heavy (non-hydrogen) atoms. The van der Waals surface area contributed by atoms with Crippen LogP contribution in [0.25, 0.3) is 56.3 Å². The molecule has 10 aliphatic carbocycles. The largest absolute Gasteiger partial charge is 0.216 e. The monoisotopic (exact) mass is 1530 g/mol. The van der Waals surface area contributed by atoms with Crippen LogP contribution in [0, 0.1) is 50.9 Å². The van der Waals surface area contributed by atoms with E-state index in [9.17, 15) is 0 Å². The molecule has 5 spiro atoms. The Morgan fingerprint density at radius 1 is 0.235 bits per heavy atom. The number of hydrogen-bond acceptors (Lipinski definition) is 0. The van der Waals surface area contributed by atoms with Gasteiger partial charge < -0.3 is 0 Å². The highest BCUT2D eigenvalue weighted by Gasteiger charge is 2.44. The summed E-state index contributed by atoms with van der Waals surface area (Å²) in [4.78, 5) is 0. The van der Waals surface area contributed by atoms with E-state index < -0.39 is 0 Å².